The molecule has 0 bridgehead atoms. The zero-order chi connectivity index (χ0) is 21.9. The van der Waals surface area contributed by atoms with Crippen molar-refractivity contribution < 1.29 is 22.8 Å². The lowest BCUT2D eigenvalue weighted by atomic mass is 10.1. The molecule has 0 saturated carbocycles. The van der Waals surface area contributed by atoms with E-state index in [4.69, 9.17) is 5.73 Å². The van der Waals surface area contributed by atoms with Crippen molar-refractivity contribution in [3.05, 3.63) is 83.2 Å². The van der Waals surface area contributed by atoms with E-state index < -0.39 is 23.6 Å². The minimum absolute atomic E-state index is 0. The van der Waals surface area contributed by atoms with Crippen molar-refractivity contribution in [3.63, 3.8) is 0 Å². The van der Waals surface area contributed by atoms with Gasteiger partial charge in [-0.3, -0.25) is 14.6 Å². The third-order valence-corrected chi connectivity index (χ3v) is 4.25. The minimum atomic E-state index is -4.50. The standard InChI is InChI=1S/C21H17F3N4O2.ClH/c1-12-5-6-13(8-18(12)27-17-7-14(19(25)29)10-26-11-17)20(30)28-16-4-2-3-15(9-16)21(22,23)24;/h2-11,27H,1H3,(H2,25,29)(H,28,30);1H. The van der Waals surface area contributed by atoms with Crippen molar-refractivity contribution >= 4 is 41.3 Å². The normalized spacial score (nSPS) is 10.7. The first kappa shape index (κ1) is 23.7. The van der Waals surface area contributed by atoms with Crippen molar-refractivity contribution in [1.82, 2.24) is 4.98 Å². The minimum Gasteiger partial charge on any atom is -0.366 e. The number of amides is 2. The summed E-state index contributed by atoms with van der Waals surface area (Å²) in [6.45, 7) is 1.81. The van der Waals surface area contributed by atoms with Crippen molar-refractivity contribution in [2.45, 2.75) is 13.1 Å². The van der Waals surface area contributed by atoms with E-state index in [0.717, 1.165) is 17.7 Å². The molecule has 0 aliphatic carbocycles. The Morgan fingerprint density at radius 1 is 0.968 bits per heavy atom. The molecule has 0 aliphatic rings. The van der Waals surface area contributed by atoms with Crippen LogP contribution >= 0.6 is 12.4 Å². The molecule has 31 heavy (non-hydrogen) atoms. The second-order valence-corrected chi connectivity index (χ2v) is 6.51. The smallest absolute Gasteiger partial charge is 0.366 e. The van der Waals surface area contributed by atoms with E-state index in [9.17, 15) is 22.8 Å². The van der Waals surface area contributed by atoms with Gasteiger partial charge in [0.15, 0.2) is 0 Å². The predicted octanol–water partition coefficient (Wildman–Crippen LogP) is 4.93. The fraction of sp³-hybridized carbons (Fsp3) is 0.0952. The number of hydrogen-bond donors (Lipinski definition) is 3. The van der Waals surface area contributed by atoms with Gasteiger partial charge >= 0.3 is 6.18 Å². The highest BCUT2D eigenvalue weighted by atomic mass is 35.5. The van der Waals surface area contributed by atoms with E-state index in [0.29, 0.717) is 11.4 Å². The van der Waals surface area contributed by atoms with Crippen LogP contribution in [0.25, 0.3) is 0 Å². The van der Waals surface area contributed by atoms with Crippen LogP contribution < -0.4 is 16.4 Å². The molecule has 10 heteroatoms. The summed E-state index contributed by atoms with van der Waals surface area (Å²) in [5.41, 5.74) is 6.74. The zero-order valence-electron chi connectivity index (χ0n) is 16.2. The number of nitrogens with two attached hydrogens (primary N) is 1. The monoisotopic (exact) mass is 450 g/mol. The zero-order valence-corrected chi connectivity index (χ0v) is 17.0. The van der Waals surface area contributed by atoms with Gasteiger partial charge in [0, 0.05) is 23.1 Å². The van der Waals surface area contributed by atoms with E-state index in [-0.39, 0.29) is 29.2 Å². The topological polar surface area (TPSA) is 97.1 Å². The number of carbonyl (C=O) groups excluding carboxylic acids is 2. The highest BCUT2D eigenvalue weighted by Crippen LogP contribution is 2.31. The summed E-state index contributed by atoms with van der Waals surface area (Å²) in [5, 5.41) is 5.52. The molecule has 6 nitrogen and oxygen atoms in total. The second-order valence-electron chi connectivity index (χ2n) is 6.51. The van der Waals surface area contributed by atoms with Gasteiger partial charge in [-0.15, -0.1) is 12.4 Å². The number of pyridine rings is 1. The number of halogens is 4. The van der Waals surface area contributed by atoms with E-state index >= 15 is 0 Å². The molecule has 0 fully saturated rings. The van der Waals surface area contributed by atoms with Gasteiger partial charge in [0.2, 0.25) is 5.91 Å². The number of primary amides is 1. The number of aromatic nitrogens is 1. The Kier molecular flexibility index (Phi) is 7.24. The first-order valence-corrected chi connectivity index (χ1v) is 8.74. The number of alkyl halides is 3. The van der Waals surface area contributed by atoms with Crippen LogP contribution in [0.4, 0.5) is 30.2 Å². The molecule has 0 unspecified atom stereocenters. The Labute approximate surface area is 182 Å². The Hall–Kier alpha value is -3.59. The molecule has 0 spiro atoms. The molecule has 1 heterocycles. The van der Waals surface area contributed by atoms with Crippen LogP contribution in [0.2, 0.25) is 0 Å². The van der Waals surface area contributed by atoms with Crippen molar-refractivity contribution in [3.8, 4) is 0 Å². The Morgan fingerprint density at radius 2 is 1.71 bits per heavy atom. The number of hydrogen-bond acceptors (Lipinski definition) is 4. The SMILES string of the molecule is Cc1ccc(C(=O)Nc2cccc(C(F)(F)F)c2)cc1Nc1cncc(C(N)=O)c1.Cl. The number of anilines is 3. The van der Waals surface area contributed by atoms with Crippen LogP contribution in [0.1, 0.15) is 31.8 Å². The van der Waals surface area contributed by atoms with E-state index in [1.54, 1.807) is 18.2 Å². The third-order valence-electron chi connectivity index (χ3n) is 4.25. The summed E-state index contributed by atoms with van der Waals surface area (Å²) >= 11 is 0. The number of nitrogens with one attached hydrogen (secondary N) is 2. The molecule has 2 aromatic carbocycles. The fourth-order valence-electron chi connectivity index (χ4n) is 2.67. The Balaban J connectivity index is 0.00000341. The predicted molar refractivity (Wildman–Crippen MR) is 114 cm³/mol. The molecule has 3 rings (SSSR count). The van der Waals surface area contributed by atoms with Crippen LogP contribution in [-0.4, -0.2) is 16.8 Å². The second kappa shape index (κ2) is 9.48. The average molecular weight is 451 g/mol. The first-order chi connectivity index (χ1) is 14.1. The number of rotatable bonds is 5. The van der Waals surface area contributed by atoms with Gasteiger partial charge in [-0.05, 0) is 48.9 Å². The summed E-state index contributed by atoms with van der Waals surface area (Å²) in [5.74, 6) is -1.20. The van der Waals surface area contributed by atoms with E-state index in [2.05, 4.69) is 15.6 Å². The van der Waals surface area contributed by atoms with Crippen molar-refractivity contribution in [2.75, 3.05) is 10.6 Å². The molecule has 4 N–H and O–H groups in total. The maximum atomic E-state index is 12.9. The molecule has 0 saturated heterocycles. The highest BCUT2D eigenvalue weighted by molar-refractivity contribution is 6.05. The van der Waals surface area contributed by atoms with E-state index in [1.807, 2.05) is 6.92 Å². The molecule has 3 aromatic rings. The van der Waals surface area contributed by atoms with Gasteiger partial charge < -0.3 is 16.4 Å². The Morgan fingerprint density at radius 3 is 2.39 bits per heavy atom. The highest BCUT2D eigenvalue weighted by Gasteiger charge is 2.30. The average Bonchev–Trinajstić information content (AvgIpc) is 2.69. The van der Waals surface area contributed by atoms with Gasteiger partial charge in [-0.2, -0.15) is 13.2 Å². The molecular weight excluding hydrogens is 433 g/mol. The number of carbonyl (C=O) groups is 2. The lowest BCUT2D eigenvalue weighted by Gasteiger charge is -2.13. The largest absolute Gasteiger partial charge is 0.416 e. The molecule has 0 radical (unpaired) electrons. The maximum Gasteiger partial charge on any atom is 0.416 e. The molecular formula is C21H18ClF3N4O2. The summed E-state index contributed by atoms with van der Waals surface area (Å²) in [7, 11) is 0. The van der Waals surface area contributed by atoms with Gasteiger partial charge in [0.1, 0.15) is 0 Å². The van der Waals surface area contributed by atoms with Crippen LogP contribution in [0.5, 0.6) is 0 Å². The molecule has 1 aromatic heterocycles. The maximum absolute atomic E-state index is 12.9. The first-order valence-electron chi connectivity index (χ1n) is 8.74. The number of nitrogens with zero attached hydrogens (tertiary/aromatic N) is 1. The van der Waals surface area contributed by atoms with Crippen LogP contribution in [0, 0.1) is 6.92 Å². The van der Waals surface area contributed by atoms with Gasteiger partial charge in [0.05, 0.1) is 23.0 Å². The summed E-state index contributed by atoms with van der Waals surface area (Å²) in [6, 6.07) is 10.7. The van der Waals surface area contributed by atoms with Crippen molar-refractivity contribution in [2.24, 2.45) is 5.73 Å². The lowest BCUT2D eigenvalue weighted by molar-refractivity contribution is -0.137. The van der Waals surface area contributed by atoms with Crippen LogP contribution in [0.15, 0.2) is 60.9 Å². The summed E-state index contributed by atoms with van der Waals surface area (Å²) in [6.07, 6.45) is -1.68. The Bertz CT molecular complexity index is 1120. The van der Waals surface area contributed by atoms with Crippen LogP contribution in [0.3, 0.4) is 0 Å². The fourth-order valence-corrected chi connectivity index (χ4v) is 2.67. The number of aryl methyl sites for hydroxylation is 1. The van der Waals surface area contributed by atoms with Gasteiger partial charge in [-0.25, -0.2) is 0 Å². The van der Waals surface area contributed by atoms with Crippen molar-refractivity contribution in [1.29, 1.82) is 0 Å². The van der Waals surface area contributed by atoms with Gasteiger partial charge in [-0.1, -0.05) is 12.1 Å². The summed E-state index contributed by atoms with van der Waals surface area (Å²) < 4.78 is 38.6. The molecule has 0 aliphatic heterocycles. The third kappa shape index (κ3) is 5.95. The van der Waals surface area contributed by atoms with Crippen LogP contribution in [-0.2, 0) is 6.18 Å². The van der Waals surface area contributed by atoms with E-state index in [1.165, 1.54) is 30.6 Å². The number of benzene rings is 2. The quantitative estimate of drug-likeness (QED) is 0.513. The summed E-state index contributed by atoms with van der Waals surface area (Å²) in [4.78, 5) is 27.8. The van der Waals surface area contributed by atoms with Gasteiger partial charge in [0.25, 0.3) is 5.91 Å². The molecule has 162 valence electrons. The lowest BCUT2D eigenvalue weighted by Crippen LogP contribution is -2.14. The molecule has 2 amide bonds. The molecule has 0 atom stereocenters.